The smallest absolute Gasteiger partial charge is 0.239 e. The summed E-state index contributed by atoms with van der Waals surface area (Å²) >= 11 is 0. The molecule has 17 heavy (non-hydrogen) atoms. The maximum absolute atomic E-state index is 12.9. The van der Waals surface area contributed by atoms with Gasteiger partial charge in [0.2, 0.25) is 5.91 Å². The molecule has 0 aromatic heterocycles. The fourth-order valence-electron chi connectivity index (χ4n) is 1.20. The average molecular weight is 259 g/mol. The predicted molar refractivity (Wildman–Crippen MR) is 64.6 cm³/mol. The summed E-state index contributed by atoms with van der Waals surface area (Å²) in [5.41, 5.74) is 0.322. The normalized spacial score (nSPS) is 14.1. The summed E-state index contributed by atoms with van der Waals surface area (Å²) in [4.78, 5) is 11.6. The number of nitrogens with one attached hydrogen (secondary N) is 1. The van der Waals surface area contributed by atoms with Crippen molar-refractivity contribution in [2.24, 2.45) is 0 Å². The second-order valence-corrected chi connectivity index (χ2v) is 5.33. The lowest BCUT2D eigenvalue weighted by molar-refractivity contribution is -0.115. The van der Waals surface area contributed by atoms with Crippen molar-refractivity contribution in [2.75, 3.05) is 17.7 Å². The van der Waals surface area contributed by atoms with Gasteiger partial charge in [-0.15, -0.1) is 0 Å². The molecule has 0 aliphatic carbocycles. The zero-order chi connectivity index (χ0) is 12.8. The molecule has 0 saturated heterocycles. The minimum atomic E-state index is -1.43. The van der Waals surface area contributed by atoms with Gasteiger partial charge in [0.15, 0.2) is 0 Å². The SMILES string of the molecule is C[C@H](C(=O)Nc1cccc(F)c1)[S@](=O)CCO. The molecular formula is C11H14FNO3S. The summed E-state index contributed by atoms with van der Waals surface area (Å²) in [5, 5.41) is 10.3. The van der Waals surface area contributed by atoms with Crippen LogP contribution >= 0.6 is 0 Å². The summed E-state index contributed by atoms with van der Waals surface area (Å²) in [6.45, 7) is 1.27. The lowest BCUT2D eigenvalue weighted by Crippen LogP contribution is -2.30. The number of carbonyl (C=O) groups excluding carboxylic acids is 1. The number of amides is 1. The van der Waals surface area contributed by atoms with Crippen molar-refractivity contribution in [1.29, 1.82) is 0 Å². The summed E-state index contributed by atoms with van der Waals surface area (Å²) in [6.07, 6.45) is 0. The molecule has 0 aliphatic heterocycles. The molecule has 94 valence electrons. The van der Waals surface area contributed by atoms with Crippen LogP contribution in [0.15, 0.2) is 24.3 Å². The molecule has 0 aliphatic rings. The van der Waals surface area contributed by atoms with Gasteiger partial charge in [-0.2, -0.15) is 0 Å². The molecule has 1 aromatic rings. The zero-order valence-corrected chi connectivity index (χ0v) is 10.2. The van der Waals surface area contributed by atoms with Gasteiger partial charge in [0.1, 0.15) is 11.1 Å². The highest BCUT2D eigenvalue weighted by Gasteiger charge is 2.19. The van der Waals surface area contributed by atoms with E-state index in [0.29, 0.717) is 5.69 Å². The topological polar surface area (TPSA) is 66.4 Å². The molecule has 0 heterocycles. The first-order valence-corrected chi connectivity index (χ1v) is 6.47. The van der Waals surface area contributed by atoms with E-state index in [4.69, 9.17) is 5.11 Å². The average Bonchev–Trinajstić information content (AvgIpc) is 2.28. The van der Waals surface area contributed by atoms with Crippen molar-refractivity contribution in [2.45, 2.75) is 12.2 Å². The van der Waals surface area contributed by atoms with E-state index in [1.807, 2.05) is 0 Å². The highest BCUT2D eigenvalue weighted by atomic mass is 32.2. The number of benzene rings is 1. The molecule has 1 amide bonds. The number of hydrogen-bond donors (Lipinski definition) is 2. The minimum absolute atomic E-state index is 0.0533. The van der Waals surface area contributed by atoms with E-state index in [1.54, 1.807) is 6.07 Å². The van der Waals surface area contributed by atoms with Gasteiger partial charge in [-0.1, -0.05) is 6.07 Å². The second-order valence-electron chi connectivity index (χ2n) is 3.45. The lowest BCUT2D eigenvalue weighted by Gasteiger charge is -2.11. The third kappa shape index (κ3) is 4.24. The molecule has 1 rings (SSSR count). The molecule has 0 radical (unpaired) electrons. The fraction of sp³-hybridized carbons (Fsp3) is 0.364. The van der Waals surface area contributed by atoms with Crippen molar-refractivity contribution < 1.29 is 18.5 Å². The first kappa shape index (κ1) is 13.8. The molecule has 0 fully saturated rings. The van der Waals surface area contributed by atoms with Crippen LogP contribution in [-0.2, 0) is 15.6 Å². The summed E-state index contributed by atoms with van der Waals surface area (Å²) < 4.78 is 24.3. The largest absolute Gasteiger partial charge is 0.395 e. The molecule has 4 nitrogen and oxygen atoms in total. The van der Waals surface area contributed by atoms with Gasteiger partial charge in [0.05, 0.1) is 6.61 Å². The summed E-state index contributed by atoms with van der Waals surface area (Å²) in [6, 6.07) is 5.46. The Kier molecular flexibility index (Phi) is 5.24. The Morgan fingerprint density at radius 3 is 2.88 bits per heavy atom. The van der Waals surface area contributed by atoms with Crippen LogP contribution in [-0.4, -0.2) is 32.8 Å². The standard InChI is InChI=1S/C11H14FNO3S/c1-8(17(16)6-5-14)11(15)13-10-4-2-3-9(12)7-10/h2-4,7-8,14H,5-6H2,1H3,(H,13,15)/t8-,17-/m1/s1. The van der Waals surface area contributed by atoms with E-state index in [1.165, 1.54) is 25.1 Å². The van der Waals surface area contributed by atoms with Crippen molar-refractivity contribution in [3.8, 4) is 0 Å². The van der Waals surface area contributed by atoms with Crippen LogP contribution in [0.25, 0.3) is 0 Å². The molecule has 0 spiro atoms. The van der Waals surface area contributed by atoms with Crippen molar-refractivity contribution in [1.82, 2.24) is 0 Å². The van der Waals surface area contributed by atoms with Gasteiger partial charge in [0.25, 0.3) is 0 Å². The maximum Gasteiger partial charge on any atom is 0.239 e. The maximum atomic E-state index is 12.9. The van der Waals surface area contributed by atoms with Crippen molar-refractivity contribution in [3.63, 3.8) is 0 Å². The first-order valence-electron chi connectivity index (χ1n) is 5.09. The van der Waals surface area contributed by atoms with E-state index in [9.17, 15) is 13.4 Å². The molecular weight excluding hydrogens is 245 g/mol. The Hall–Kier alpha value is -1.27. The van der Waals surface area contributed by atoms with Crippen LogP contribution in [0, 0.1) is 5.82 Å². The van der Waals surface area contributed by atoms with E-state index < -0.39 is 27.8 Å². The lowest BCUT2D eigenvalue weighted by atomic mass is 10.3. The Bertz CT molecular complexity index is 425. The third-order valence-electron chi connectivity index (χ3n) is 2.15. The van der Waals surface area contributed by atoms with Gasteiger partial charge in [-0.05, 0) is 25.1 Å². The van der Waals surface area contributed by atoms with Crippen LogP contribution in [0.1, 0.15) is 6.92 Å². The Morgan fingerprint density at radius 1 is 1.59 bits per heavy atom. The number of carbonyl (C=O) groups is 1. The number of anilines is 1. The van der Waals surface area contributed by atoms with Crippen LogP contribution in [0.4, 0.5) is 10.1 Å². The van der Waals surface area contributed by atoms with Gasteiger partial charge in [-0.3, -0.25) is 9.00 Å². The van der Waals surface area contributed by atoms with Crippen LogP contribution < -0.4 is 5.32 Å². The number of aliphatic hydroxyl groups is 1. The zero-order valence-electron chi connectivity index (χ0n) is 9.35. The minimum Gasteiger partial charge on any atom is -0.395 e. The van der Waals surface area contributed by atoms with Gasteiger partial charge >= 0.3 is 0 Å². The summed E-state index contributed by atoms with van der Waals surface area (Å²) in [5.74, 6) is -0.855. The van der Waals surface area contributed by atoms with Crippen molar-refractivity contribution in [3.05, 3.63) is 30.1 Å². The third-order valence-corrected chi connectivity index (χ3v) is 3.74. The molecule has 1 aromatic carbocycles. The van der Waals surface area contributed by atoms with E-state index in [-0.39, 0.29) is 12.4 Å². The molecule has 0 saturated carbocycles. The Labute approximate surface area is 101 Å². The highest BCUT2D eigenvalue weighted by Crippen LogP contribution is 2.10. The van der Waals surface area contributed by atoms with Crippen molar-refractivity contribution >= 4 is 22.4 Å². The Balaban J connectivity index is 2.63. The van der Waals surface area contributed by atoms with Crippen LogP contribution in [0.5, 0.6) is 0 Å². The van der Waals surface area contributed by atoms with Gasteiger partial charge in [-0.25, -0.2) is 4.39 Å². The van der Waals surface area contributed by atoms with E-state index in [2.05, 4.69) is 5.32 Å². The molecule has 6 heteroatoms. The Morgan fingerprint density at radius 2 is 2.29 bits per heavy atom. The van der Waals surface area contributed by atoms with Gasteiger partial charge < -0.3 is 10.4 Å². The summed E-state index contributed by atoms with van der Waals surface area (Å²) in [7, 11) is -1.43. The van der Waals surface area contributed by atoms with Crippen LogP contribution in [0.3, 0.4) is 0 Å². The molecule has 0 bridgehead atoms. The number of aliphatic hydroxyl groups excluding tert-OH is 1. The molecule has 2 atom stereocenters. The molecule has 0 unspecified atom stereocenters. The van der Waals surface area contributed by atoms with Gasteiger partial charge in [0, 0.05) is 22.2 Å². The molecule has 2 N–H and O–H groups in total. The quantitative estimate of drug-likeness (QED) is 0.825. The monoisotopic (exact) mass is 259 g/mol. The fourth-order valence-corrected chi connectivity index (χ4v) is 2.03. The second kappa shape index (κ2) is 6.46. The number of hydrogen-bond acceptors (Lipinski definition) is 3. The van der Waals surface area contributed by atoms with E-state index in [0.717, 1.165) is 0 Å². The number of rotatable bonds is 5. The first-order chi connectivity index (χ1) is 8.04. The highest BCUT2D eigenvalue weighted by molar-refractivity contribution is 7.86. The number of halogens is 1. The van der Waals surface area contributed by atoms with E-state index >= 15 is 0 Å². The predicted octanol–water partition coefficient (Wildman–Crippen LogP) is 0.894. The van der Waals surface area contributed by atoms with Crippen LogP contribution in [0.2, 0.25) is 0 Å².